The zero-order chi connectivity index (χ0) is 13.8. The van der Waals surface area contributed by atoms with Crippen molar-refractivity contribution in [3.8, 4) is 5.75 Å². The molecule has 0 amide bonds. The average Bonchev–Trinajstić information content (AvgIpc) is 2.34. The standard InChI is InChI=1S/C16H20O3/c1-11-3-8-15(12(2)9-11)19-14-6-4-13(5-7-14)10-16(17)18/h3,8-10,14H,4-7H2,1-2H3,(H,17,18). The first-order valence-corrected chi connectivity index (χ1v) is 6.71. The minimum Gasteiger partial charge on any atom is -0.490 e. The van der Waals surface area contributed by atoms with Crippen LogP contribution in [0.5, 0.6) is 5.75 Å². The zero-order valence-electron chi connectivity index (χ0n) is 11.5. The summed E-state index contributed by atoms with van der Waals surface area (Å²) in [5, 5.41) is 8.72. The van der Waals surface area contributed by atoms with Crippen molar-refractivity contribution in [3.63, 3.8) is 0 Å². The van der Waals surface area contributed by atoms with Crippen molar-refractivity contribution in [2.24, 2.45) is 0 Å². The number of aryl methyl sites for hydroxylation is 2. The SMILES string of the molecule is Cc1ccc(OC2CCC(=CC(=O)O)CC2)c(C)c1. The molecule has 0 unspecified atom stereocenters. The number of benzene rings is 1. The molecular formula is C16H20O3. The number of aliphatic carboxylic acids is 1. The Balaban J connectivity index is 1.94. The summed E-state index contributed by atoms with van der Waals surface area (Å²) in [6, 6.07) is 6.20. The molecule has 0 saturated heterocycles. The third-order valence-corrected chi connectivity index (χ3v) is 3.53. The summed E-state index contributed by atoms with van der Waals surface area (Å²) in [6.07, 6.45) is 4.98. The van der Waals surface area contributed by atoms with Crippen LogP contribution < -0.4 is 4.74 Å². The molecule has 0 bridgehead atoms. The molecule has 102 valence electrons. The maximum absolute atomic E-state index is 10.6. The Kier molecular flexibility index (Phi) is 4.25. The Hall–Kier alpha value is -1.77. The Morgan fingerprint density at radius 1 is 1.32 bits per heavy atom. The van der Waals surface area contributed by atoms with Gasteiger partial charge in [-0.15, -0.1) is 0 Å². The molecule has 19 heavy (non-hydrogen) atoms. The molecule has 0 radical (unpaired) electrons. The summed E-state index contributed by atoms with van der Waals surface area (Å²) >= 11 is 0. The third kappa shape index (κ3) is 3.85. The Morgan fingerprint density at radius 2 is 2.00 bits per heavy atom. The summed E-state index contributed by atoms with van der Waals surface area (Å²) in [6.45, 7) is 4.13. The fourth-order valence-corrected chi connectivity index (χ4v) is 2.51. The van der Waals surface area contributed by atoms with Gasteiger partial charge in [0, 0.05) is 6.08 Å². The number of allylic oxidation sites excluding steroid dienone is 1. The molecule has 0 aliphatic heterocycles. The van der Waals surface area contributed by atoms with Gasteiger partial charge in [-0.1, -0.05) is 23.3 Å². The summed E-state index contributed by atoms with van der Waals surface area (Å²) in [5.74, 6) is 0.102. The van der Waals surface area contributed by atoms with Crippen LogP contribution in [0.4, 0.5) is 0 Å². The second-order valence-corrected chi connectivity index (χ2v) is 5.23. The summed E-state index contributed by atoms with van der Waals surface area (Å²) < 4.78 is 6.02. The van der Waals surface area contributed by atoms with Crippen LogP contribution in [-0.2, 0) is 4.79 Å². The number of carboxylic acids is 1. The van der Waals surface area contributed by atoms with E-state index >= 15 is 0 Å². The molecule has 1 N–H and O–H groups in total. The van der Waals surface area contributed by atoms with Gasteiger partial charge in [-0.2, -0.15) is 0 Å². The molecule has 1 fully saturated rings. The fraction of sp³-hybridized carbons (Fsp3) is 0.438. The first-order chi connectivity index (χ1) is 9.04. The Bertz CT molecular complexity index is 493. The minimum atomic E-state index is -0.844. The number of rotatable bonds is 3. The minimum absolute atomic E-state index is 0.201. The van der Waals surface area contributed by atoms with Crippen LogP contribution in [0.15, 0.2) is 29.8 Å². The van der Waals surface area contributed by atoms with Crippen molar-refractivity contribution in [2.75, 3.05) is 0 Å². The van der Waals surface area contributed by atoms with E-state index in [0.29, 0.717) is 0 Å². The molecule has 3 nitrogen and oxygen atoms in total. The highest BCUT2D eigenvalue weighted by Gasteiger charge is 2.19. The highest BCUT2D eigenvalue weighted by Crippen LogP contribution is 2.28. The lowest BCUT2D eigenvalue weighted by molar-refractivity contribution is -0.131. The second kappa shape index (κ2) is 5.91. The highest BCUT2D eigenvalue weighted by atomic mass is 16.5. The van der Waals surface area contributed by atoms with Crippen molar-refractivity contribution in [2.45, 2.75) is 45.6 Å². The van der Waals surface area contributed by atoms with E-state index in [0.717, 1.165) is 42.6 Å². The van der Waals surface area contributed by atoms with Gasteiger partial charge in [0.25, 0.3) is 0 Å². The van der Waals surface area contributed by atoms with Crippen LogP contribution in [0, 0.1) is 13.8 Å². The third-order valence-electron chi connectivity index (χ3n) is 3.53. The fourth-order valence-electron chi connectivity index (χ4n) is 2.51. The monoisotopic (exact) mass is 260 g/mol. The van der Waals surface area contributed by atoms with Crippen molar-refractivity contribution >= 4 is 5.97 Å². The van der Waals surface area contributed by atoms with Crippen LogP contribution >= 0.6 is 0 Å². The molecule has 1 aromatic carbocycles. The molecule has 3 heteroatoms. The van der Waals surface area contributed by atoms with Gasteiger partial charge in [0.2, 0.25) is 0 Å². The normalized spacial score (nSPS) is 19.1. The predicted molar refractivity (Wildman–Crippen MR) is 74.5 cm³/mol. The summed E-state index contributed by atoms with van der Waals surface area (Å²) in [5.41, 5.74) is 3.42. The molecule has 1 aliphatic carbocycles. The maximum atomic E-state index is 10.6. The van der Waals surface area contributed by atoms with E-state index in [1.165, 1.54) is 11.6 Å². The molecule has 2 rings (SSSR count). The van der Waals surface area contributed by atoms with Gasteiger partial charge in [0.15, 0.2) is 0 Å². The van der Waals surface area contributed by atoms with Crippen LogP contribution in [-0.4, -0.2) is 17.2 Å². The number of carboxylic acid groups (broad SMARTS) is 1. The molecule has 1 aromatic rings. The number of carbonyl (C=O) groups is 1. The van der Waals surface area contributed by atoms with E-state index < -0.39 is 5.97 Å². The van der Waals surface area contributed by atoms with Gasteiger partial charge in [0.1, 0.15) is 5.75 Å². The number of hydrogen-bond donors (Lipinski definition) is 1. The molecule has 1 aliphatic rings. The van der Waals surface area contributed by atoms with E-state index in [2.05, 4.69) is 26.0 Å². The van der Waals surface area contributed by atoms with Gasteiger partial charge in [-0.3, -0.25) is 0 Å². The topological polar surface area (TPSA) is 46.5 Å². The number of ether oxygens (including phenoxy) is 1. The van der Waals surface area contributed by atoms with Crippen LogP contribution in [0.2, 0.25) is 0 Å². The first kappa shape index (κ1) is 13.7. The smallest absolute Gasteiger partial charge is 0.328 e. The summed E-state index contributed by atoms with van der Waals surface area (Å²) in [4.78, 5) is 10.6. The van der Waals surface area contributed by atoms with E-state index in [9.17, 15) is 4.79 Å². The lowest BCUT2D eigenvalue weighted by atomic mass is 9.92. The van der Waals surface area contributed by atoms with Gasteiger partial charge in [-0.05, 0) is 51.2 Å². The quantitative estimate of drug-likeness (QED) is 0.844. The van der Waals surface area contributed by atoms with Crippen LogP contribution in [0.25, 0.3) is 0 Å². The molecule has 0 atom stereocenters. The molecular weight excluding hydrogens is 240 g/mol. The van der Waals surface area contributed by atoms with Crippen molar-refractivity contribution in [1.29, 1.82) is 0 Å². The van der Waals surface area contributed by atoms with Gasteiger partial charge in [0.05, 0.1) is 6.10 Å². The van der Waals surface area contributed by atoms with E-state index in [1.807, 2.05) is 6.07 Å². The maximum Gasteiger partial charge on any atom is 0.328 e. The lowest BCUT2D eigenvalue weighted by Gasteiger charge is -2.25. The second-order valence-electron chi connectivity index (χ2n) is 5.23. The van der Waals surface area contributed by atoms with E-state index in [4.69, 9.17) is 9.84 Å². The zero-order valence-corrected chi connectivity index (χ0v) is 11.5. The highest BCUT2D eigenvalue weighted by molar-refractivity contribution is 5.80. The van der Waals surface area contributed by atoms with Gasteiger partial charge >= 0.3 is 5.97 Å². The van der Waals surface area contributed by atoms with E-state index in [-0.39, 0.29) is 6.10 Å². The van der Waals surface area contributed by atoms with Crippen molar-refractivity contribution in [1.82, 2.24) is 0 Å². The van der Waals surface area contributed by atoms with Crippen molar-refractivity contribution < 1.29 is 14.6 Å². The Labute approximate surface area is 113 Å². The predicted octanol–water partition coefficient (Wildman–Crippen LogP) is 3.64. The molecule has 0 spiro atoms. The molecule has 0 heterocycles. The van der Waals surface area contributed by atoms with Crippen LogP contribution in [0.3, 0.4) is 0 Å². The molecule has 0 aromatic heterocycles. The van der Waals surface area contributed by atoms with E-state index in [1.54, 1.807) is 0 Å². The molecule has 1 saturated carbocycles. The summed E-state index contributed by atoms with van der Waals surface area (Å²) in [7, 11) is 0. The largest absolute Gasteiger partial charge is 0.490 e. The lowest BCUT2D eigenvalue weighted by Crippen LogP contribution is -2.21. The first-order valence-electron chi connectivity index (χ1n) is 6.71. The number of hydrogen-bond acceptors (Lipinski definition) is 2. The van der Waals surface area contributed by atoms with Crippen molar-refractivity contribution in [3.05, 3.63) is 41.0 Å². The average molecular weight is 260 g/mol. The van der Waals surface area contributed by atoms with Gasteiger partial charge in [-0.25, -0.2) is 4.79 Å². The van der Waals surface area contributed by atoms with Gasteiger partial charge < -0.3 is 9.84 Å². The Morgan fingerprint density at radius 3 is 2.58 bits per heavy atom. The van der Waals surface area contributed by atoms with Crippen LogP contribution in [0.1, 0.15) is 36.8 Å².